The third-order valence-electron chi connectivity index (χ3n) is 2.60. The molecule has 0 bridgehead atoms. The van der Waals surface area contributed by atoms with Crippen LogP contribution in [-0.4, -0.2) is 16.1 Å². The summed E-state index contributed by atoms with van der Waals surface area (Å²) in [5.41, 5.74) is 0.552. The lowest BCUT2D eigenvalue weighted by atomic mass is 10.2. The molecular formula is C14H9NO4. The lowest BCUT2D eigenvalue weighted by Gasteiger charge is -1.93. The van der Waals surface area contributed by atoms with Crippen LogP contribution in [0, 0.1) is 0 Å². The van der Waals surface area contributed by atoms with Crippen molar-refractivity contribution in [2.45, 2.75) is 0 Å². The van der Waals surface area contributed by atoms with E-state index in [-0.39, 0.29) is 17.3 Å². The minimum Gasteiger partial charge on any atom is -0.476 e. The fourth-order valence-corrected chi connectivity index (χ4v) is 1.74. The average Bonchev–Trinajstić information content (AvgIpc) is 3.08. The molecule has 0 aliphatic heterocycles. The second-order valence-corrected chi connectivity index (χ2v) is 3.85. The van der Waals surface area contributed by atoms with Crippen LogP contribution in [0.25, 0.3) is 23.0 Å². The molecular weight excluding hydrogens is 246 g/mol. The summed E-state index contributed by atoms with van der Waals surface area (Å²) in [7, 11) is 0. The van der Waals surface area contributed by atoms with Gasteiger partial charge in [0.1, 0.15) is 0 Å². The van der Waals surface area contributed by atoms with Gasteiger partial charge in [0.25, 0.3) is 0 Å². The molecule has 0 spiro atoms. The molecule has 0 radical (unpaired) electrons. The van der Waals surface area contributed by atoms with Gasteiger partial charge in [-0.2, -0.15) is 0 Å². The molecule has 1 N–H and O–H groups in total. The third-order valence-corrected chi connectivity index (χ3v) is 2.60. The second-order valence-electron chi connectivity index (χ2n) is 3.85. The molecule has 0 amide bonds. The molecule has 3 rings (SSSR count). The predicted molar refractivity (Wildman–Crippen MR) is 66.6 cm³/mol. The van der Waals surface area contributed by atoms with Crippen molar-refractivity contribution in [1.82, 2.24) is 4.98 Å². The fraction of sp³-hybridized carbons (Fsp3) is 0. The topological polar surface area (TPSA) is 76.5 Å². The second kappa shape index (κ2) is 4.45. The summed E-state index contributed by atoms with van der Waals surface area (Å²) < 4.78 is 10.7. The van der Waals surface area contributed by atoms with Crippen LogP contribution in [0.3, 0.4) is 0 Å². The summed E-state index contributed by atoms with van der Waals surface area (Å²) in [5.74, 6) is -0.440. The van der Waals surface area contributed by atoms with Gasteiger partial charge in [-0.05, 0) is 24.3 Å². The number of carboxylic acid groups (broad SMARTS) is 1. The van der Waals surface area contributed by atoms with E-state index >= 15 is 0 Å². The lowest BCUT2D eigenvalue weighted by molar-refractivity contribution is 0.0691. The van der Waals surface area contributed by atoms with Crippen LogP contribution in [0.15, 0.2) is 57.6 Å². The van der Waals surface area contributed by atoms with E-state index in [0.717, 1.165) is 0 Å². The summed E-state index contributed by atoms with van der Waals surface area (Å²) in [6.07, 6.45) is 1.45. The van der Waals surface area contributed by atoms with Crippen LogP contribution in [-0.2, 0) is 0 Å². The molecule has 0 saturated carbocycles. The smallest absolute Gasteiger partial charge is 0.358 e. The molecule has 94 valence electrons. The van der Waals surface area contributed by atoms with Gasteiger partial charge in [-0.15, -0.1) is 0 Å². The summed E-state index contributed by atoms with van der Waals surface area (Å²) in [6.45, 7) is 0. The highest BCUT2D eigenvalue weighted by Crippen LogP contribution is 2.29. The van der Waals surface area contributed by atoms with Crippen molar-refractivity contribution < 1.29 is 18.7 Å². The molecule has 3 aromatic rings. The molecule has 5 heteroatoms. The van der Waals surface area contributed by atoms with E-state index in [1.807, 2.05) is 18.2 Å². The number of benzene rings is 1. The first-order chi connectivity index (χ1) is 9.25. The Balaban J connectivity index is 2.15. The Hall–Kier alpha value is -2.82. The van der Waals surface area contributed by atoms with E-state index in [0.29, 0.717) is 11.3 Å². The quantitative estimate of drug-likeness (QED) is 0.777. The minimum absolute atomic E-state index is 0.122. The van der Waals surface area contributed by atoms with Crippen molar-refractivity contribution in [3.63, 3.8) is 0 Å². The van der Waals surface area contributed by atoms with Crippen LogP contribution in [0.1, 0.15) is 10.5 Å². The minimum atomic E-state index is -1.16. The number of rotatable bonds is 3. The zero-order valence-corrected chi connectivity index (χ0v) is 9.74. The van der Waals surface area contributed by atoms with E-state index in [9.17, 15) is 4.79 Å². The number of hydrogen-bond acceptors (Lipinski definition) is 4. The Labute approximate surface area is 108 Å². The van der Waals surface area contributed by atoms with Gasteiger partial charge in [-0.25, -0.2) is 9.78 Å². The number of nitrogens with zero attached hydrogens (tertiary/aromatic N) is 1. The zero-order valence-electron chi connectivity index (χ0n) is 9.74. The molecule has 0 aliphatic rings. The van der Waals surface area contributed by atoms with Crippen LogP contribution < -0.4 is 0 Å². The van der Waals surface area contributed by atoms with Crippen LogP contribution in [0.5, 0.6) is 0 Å². The van der Waals surface area contributed by atoms with Crippen molar-refractivity contribution in [3.8, 4) is 23.0 Å². The number of aromatic nitrogens is 1. The van der Waals surface area contributed by atoms with Gasteiger partial charge in [-0.3, -0.25) is 0 Å². The third kappa shape index (κ3) is 2.01. The molecule has 0 atom stereocenters. The van der Waals surface area contributed by atoms with E-state index in [2.05, 4.69) is 4.98 Å². The van der Waals surface area contributed by atoms with Gasteiger partial charge >= 0.3 is 5.97 Å². The predicted octanol–water partition coefficient (Wildman–Crippen LogP) is 3.30. The number of oxazole rings is 1. The summed E-state index contributed by atoms with van der Waals surface area (Å²) in [4.78, 5) is 15.2. The Kier molecular flexibility index (Phi) is 2.64. The maximum atomic E-state index is 11.2. The maximum Gasteiger partial charge on any atom is 0.358 e. The van der Waals surface area contributed by atoms with Crippen molar-refractivity contribution in [3.05, 3.63) is 54.4 Å². The molecule has 5 nitrogen and oxygen atoms in total. The van der Waals surface area contributed by atoms with Crippen molar-refractivity contribution in [1.29, 1.82) is 0 Å². The Bertz CT molecular complexity index is 698. The Morgan fingerprint density at radius 1 is 1.11 bits per heavy atom. The molecule has 1 aromatic carbocycles. The van der Waals surface area contributed by atoms with Crippen LogP contribution in [0.2, 0.25) is 0 Å². The molecule has 2 heterocycles. The summed E-state index contributed by atoms with van der Waals surface area (Å²) in [6, 6.07) is 12.4. The Morgan fingerprint density at radius 2 is 1.89 bits per heavy atom. The number of carboxylic acids is 1. The van der Waals surface area contributed by atoms with Gasteiger partial charge in [0.15, 0.2) is 11.5 Å². The SMILES string of the molecule is O=C(O)c1nc(-c2ccccc2)oc1-c1ccco1. The normalized spacial score (nSPS) is 10.5. The molecule has 0 saturated heterocycles. The van der Waals surface area contributed by atoms with Crippen LogP contribution in [0.4, 0.5) is 0 Å². The molecule has 19 heavy (non-hydrogen) atoms. The standard InChI is InChI=1S/C14H9NO4/c16-14(17)11-12(10-7-4-8-18-10)19-13(15-11)9-5-2-1-3-6-9/h1-8H,(H,16,17). The fourth-order valence-electron chi connectivity index (χ4n) is 1.74. The first kappa shape index (κ1) is 11.3. The maximum absolute atomic E-state index is 11.2. The first-order valence-corrected chi connectivity index (χ1v) is 5.59. The molecule has 0 unspecified atom stereocenters. The highest BCUT2D eigenvalue weighted by atomic mass is 16.4. The van der Waals surface area contributed by atoms with E-state index in [1.54, 1.807) is 24.3 Å². The van der Waals surface area contributed by atoms with E-state index in [4.69, 9.17) is 13.9 Å². The zero-order chi connectivity index (χ0) is 13.2. The van der Waals surface area contributed by atoms with Gasteiger partial charge in [0.05, 0.1) is 6.26 Å². The molecule has 0 aliphatic carbocycles. The van der Waals surface area contributed by atoms with Crippen molar-refractivity contribution in [2.24, 2.45) is 0 Å². The van der Waals surface area contributed by atoms with E-state index < -0.39 is 5.97 Å². The van der Waals surface area contributed by atoms with Crippen molar-refractivity contribution >= 4 is 5.97 Å². The number of hydrogen-bond donors (Lipinski definition) is 1. The highest BCUT2D eigenvalue weighted by Gasteiger charge is 2.23. The molecule has 2 aromatic heterocycles. The number of aromatic carboxylic acids is 1. The van der Waals surface area contributed by atoms with Gasteiger partial charge < -0.3 is 13.9 Å². The monoisotopic (exact) mass is 255 g/mol. The number of carbonyl (C=O) groups is 1. The number of furan rings is 1. The van der Waals surface area contributed by atoms with Crippen LogP contribution >= 0.6 is 0 Å². The van der Waals surface area contributed by atoms with Crippen molar-refractivity contribution in [2.75, 3.05) is 0 Å². The van der Waals surface area contributed by atoms with Gasteiger partial charge in [0.2, 0.25) is 11.7 Å². The summed E-state index contributed by atoms with van der Waals surface area (Å²) in [5, 5.41) is 9.16. The average molecular weight is 255 g/mol. The summed E-state index contributed by atoms with van der Waals surface area (Å²) >= 11 is 0. The highest BCUT2D eigenvalue weighted by molar-refractivity contribution is 5.92. The lowest BCUT2D eigenvalue weighted by Crippen LogP contribution is -1.98. The van der Waals surface area contributed by atoms with E-state index in [1.165, 1.54) is 6.26 Å². The Morgan fingerprint density at radius 3 is 2.53 bits per heavy atom. The van der Waals surface area contributed by atoms with Gasteiger partial charge in [-0.1, -0.05) is 18.2 Å². The molecule has 0 fully saturated rings. The first-order valence-electron chi connectivity index (χ1n) is 5.59. The van der Waals surface area contributed by atoms with Gasteiger partial charge in [0, 0.05) is 5.56 Å². The largest absolute Gasteiger partial charge is 0.476 e.